The number of anilines is 1. The Morgan fingerprint density at radius 3 is 2.55 bits per heavy atom. The van der Waals surface area contributed by atoms with Gasteiger partial charge in [-0.15, -0.1) is 0 Å². The summed E-state index contributed by atoms with van der Waals surface area (Å²) >= 11 is 0. The first-order valence-corrected chi connectivity index (χ1v) is 10.1. The van der Waals surface area contributed by atoms with Crippen molar-refractivity contribution >= 4 is 17.8 Å². The average molecular weight is 407 g/mol. The highest BCUT2D eigenvalue weighted by Crippen LogP contribution is 2.26. The molecule has 160 valence electrons. The Bertz CT molecular complexity index is 760. The number of carbonyl (C=O) groups excluding carboxylic acids is 2. The number of hydrogen-bond donors (Lipinski definition) is 2. The standard InChI is InChI=1S/C20H31N5O4/c1-5-29-20(27)24-10-8-23(9-11-24)14-18(26)22-19-17(13-21)15(2)16(3)25(19)7-6-12-28-4/h5-12,14H2,1-4H3,(H,22,26)/p+1. The lowest BCUT2D eigenvalue weighted by molar-refractivity contribution is -0.895. The summed E-state index contributed by atoms with van der Waals surface area (Å²) in [5, 5.41) is 12.5. The van der Waals surface area contributed by atoms with Crippen molar-refractivity contribution in [2.75, 3.05) is 58.4 Å². The molecule has 0 unspecified atom stereocenters. The molecule has 9 heteroatoms. The van der Waals surface area contributed by atoms with Gasteiger partial charge >= 0.3 is 6.09 Å². The van der Waals surface area contributed by atoms with Gasteiger partial charge in [-0.05, 0) is 32.8 Å². The summed E-state index contributed by atoms with van der Waals surface area (Å²) in [6.45, 7) is 10.1. The zero-order valence-corrected chi connectivity index (χ0v) is 17.8. The van der Waals surface area contributed by atoms with Gasteiger partial charge in [-0.25, -0.2) is 4.79 Å². The van der Waals surface area contributed by atoms with Crippen LogP contribution in [-0.2, 0) is 20.8 Å². The zero-order chi connectivity index (χ0) is 21.4. The first kappa shape index (κ1) is 22.7. The molecule has 0 atom stereocenters. The minimum Gasteiger partial charge on any atom is -0.450 e. The fourth-order valence-corrected chi connectivity index (χ4v) is 3.58. The van der Waals surface area contributed by atoms with Crippen LogP contribution < -0.4 is 10.2 Å². The second kappa shape index (κ2) is 10.8. The number of rotatable bonds is 8. The van der Waals surface area contributed by atoms with E-state index in [9.17, 15) is 14.9 Å². The number of piperazine rings is 1. The Morgan fingerprint density at radius 2 is 1.97 bits per heavy atom. The van der Waals surface area contributed by atoms with Gasteiger partial charge < -0.3 is 24.3 Å². The van der Waals surface area contributed by atoms with E-state index in [1.54, 1.807) is 18.9 Å². The zero-order valence-electron chi connectivity index (χ0n) is 17.8. The molecule has 29 heavy (non-hydrogen) atoms. The molecule has 1 aromatic heterocycles. The lowest BCUT2D eigenvalue weighted by atomic mass is 10.2. The lowest BCUT2D eigenvalue weighted by Crippen LogP contribution is -3.15. The number of ether oxygens (including phenoxy) is 2. The maximum absolute atomic E-state index is 12.7. The van der Waals surface area contributed by atoms with Crippen LogP contribution in [0.3, 0.4) is 0 Å². The van der Waals surface area contributed by atoms with Gasteiger partial charge in [0.25, 0.3) is 5.91 Å². The molecule has 1 fully saturated rings. The normalized spacial score (nSPS) is 14.5. The molecule has 0 spiro atoms. The summed E-state index contributed by atoms with van der Waals surface area (Å²) in [5.74, 6) is 0.430. The van der Waals surface area contributed by atoms with Crippen molar-refractivity contribution in [3.8, 4) is 6.07 Å². The fourth-order valence-electron chi connectivity index (χ4n) is 3.58. The summed E-state index contributed by atoms with van der Waals surface area (Å²) < 4.78 is 12.1. The number of nitrogens with zero attached hydrogens (tertiary/aromatic N) is 3. The van der Waals surface area contributed by atoms with E-state index in [1.807, 2.05) is 18.4 Å². The van der Waals surface area contributed by atoms with E-state index in [0.29, 0.717) is 63.9 Å². The molecule has 0 saturated carbocycles. The Hall–Kier alpha value is -2.57. The number of quaternary nitrogens is 1. The SMILES string of the molecule is CCOC(=O)N1CC[NH+](CC(=O)Nc2c(C#N)c(C)c(C)n2CCCOC)CC1. The van der Waals surface area contributed by atoms with Gasteiger partial charge in [0, 0.05) is 26.0 Å². The first-order valence-electron chi connectivity index (χ1n) is 10.1. The third kappa shape index (κ3) is 5.71. The summed E-state index contributed by atoms with van der Waals surface area (Å²) in [4.78, 5) is 27.3. The molecule has 2 heterocycles. The maximum Gasteiger partial charge on any atom is 0.410 e. The average Bonchev–Trinajstić information content (AvgIpc) is 2.92. The van der Waals surface area contributed by atoms with Crippen molar-refractivity contribution in [2.24, 2.45) is 0 Å². The molecular weight excluding hydrogens is 374 g/mol. The summed E-state index contributed by atoms with van der Waals surface area (Å²) in [6, 6.07) is 2.22. The summed E-state index contributed by atoms with van der Waals surface area (Å²) in [5.41, 5.74) is 2.37. The van der Waals surface area contributed by atoms with Gasteiger partial charge in [0.2, 0.25) is 0 Å². The molecule has 2 amide bonds. The smallest absolute Gasteiger partial charge is 0.410 e. The van der Waals surface area contributed by atoms with Crippen molar-refractivity contribution in [3.63, 3.8) is 0 Å². The van der Waals surface area contributed by atoms with Gasteiger partial charge in [-0.2, -0.15) is 5.26 Å². The number of nitrogens with one attached hydrogen (secondary N) is 2. The molecule has 1 aliphatic rings. The topological polar surface area (TPSA) is 101 Å². The van der Waals surface area contributed by atoms with Crippen LogP contribution in [0.5, 0.6) is 0 Å². The molecule has 0 aromatic carbocycles. The van der Waals surface area contributed by atoms with E-state index in [4.69, 9.17) is 9.47 Å². The van der Waals surface area contributed by atoms with Crippen molar-refractivity contribution < 1.29 is 24.0 Å². The molecular formula is C20H32N5O4+. The van der Waals surface area contributed by atoms with Gasteiger partial charge in [-0.3, -0.25) is 9.69 Å². The number of hydrogen-bond acceptors (Lipinski definition) is 5. The van der Waals surface area contributed by atoms with Crippen molar-refractivity contribution in [2.45, 2.75) is 33.7 Å². The quantitative estimate of drug-likeness (QED) is 0.605. The highest BCUT2D eigenvalue weighted by Gasteiger charge is 2.27. The van der Waals surface area contributed by atoms with Gasteiger partial charge in [-0.1, -0.05) is 0 Å². The fraction of sp³-hybridized carbons (Fsp3) is 0.650. The Balaban J connectivity index is 1.99. The predicted molar refractivity (Wildman–Crippen MR) is 108 cm³/mol. The van der Waals surface area contributed by atoms with Crippen LogP contribution in [-0.4, -0.2) is 74.5 Å². The van der Waals surface area contributed by atoms with Gasteiger partial charge in [0.15, 0.2) is 6.54 Å². The van der Waals surface area contributed by atoms with Gasteiger partial charge in [0.05, 0.1) is 38.3 Å². The Labute approximate surface area is 172 Å². The van der Waals surface area contributed by atoms with Crippen molar-refractivity contribution in [3.05, 3.63) is 16.8 Å². The molecule has 2 N–H and O–H groups in total. The van der Waals surface area contributed by atoms with Crippen LogP contribution in [0, 0.1) is 25.2 Å². The van der Waals surface area contributed by atoms with Gasteiger partial charge in [0.1, 0.15) is 11.9 Å². The molecule has 2 rings (SSSR count). The minimum atomic E-state index is -0.297. The van der Waals surface area contributed by atoms with E-state index in [-0.39, 0.29) is 12.0 Å². The Morgan fingerprint density at radius 1 is 1.28 bits per heavy atom. The molecule has 0 radical (unpaired) electrons. The second-order valence-corrected chi connectivity index (χ2v) is 7.20. The third-order valence-corrected chi connectivity index (χ3v) is 5.34. The molecule has 0 aliphatic carbocycles. The van der Waals surface area contributed by atoms with E-state index >= 15 is 0 Å². The predicted octanol–water partition coefficient (Wildman–Crippen LogP) is 0.309. The number of amides is 2. The molecule has 1 aliphatic heterocycles. The number of methoxy groups -OCH3 is 1. The highest BCUT2D eigenvalue weighted by molar-refractivity contribution is 5.92. The van der Waals surface area contributed by atoms with E-state index in [0.717, 1.165) is 22.6 Å². The summed E-state index contributed by atoms with van der Waals surface area (Å²) in [6.07, 6.45) is 0.495. The van der Waals surface area contributed by atoms with Crippen LogP contribution in [0.2, 0.25) is 0 Å². The largest absolute Gasteiger partial charge is 0.450 e. The van der Waals surface area contributed by atoms with Crippen LogP contribution >= 0.6 is 0 Å². The van der Waals surface area contributed by atoms with Crippen LogP contribution in [0.4, 0.5) is 10.6 Å². The number of nitriles is 1. The van der Waals surface area contributed by atoms with Crippen molar-refractivity contribution in [1.82, 2.24) is 9.47 Å². The lowest BCUT2D eigenvalue weighted by Gasteiger charge is -2.31. The van der Waals surface area contributed by atoms with Crippen LogP contribution in [0.15, 0.2) is 0 Å². The molecule has 1 aromatic rings. The van der Waals surface area contributed by atoms with E-state index in [1.165, 1.54) is 0 Å². The van der Waals surface area contributed by atoms with Crippen molar-refractivity contribution in [1.29, 1.82) is 5.26 Å². The first-order chi connectivity index (χ1) is 13.9. The van der Waals surface area contributed by atoms with E-state index in [2.05, 4.69) is 11.4 Å². The summed E-state index contributed by atoms with van der Waals surface area (Å²) in [7, 11) is 1.65. The maximum atomic E-state index is 12.7. The molecule has 0 bridgehead atoms. The monoisotopic (exact) mass is 406 g/mol. The molecule has 1 saturated heterocycles. The van der Waals surface area contributed by atoms with Crippen LogP contribution in [0.1, 0.15) is 30.2 Å². The molecule has 9 nitrogen and oxygen atoms in total. The number of carbonyl (C=O) groups is 2. The number of aromatic nitrogens is 1. The second-order valence-electron chi connectivity index (χ2n) is 7.20. The highest BCUT2D eigenvalue weighted by atomic mass is 16.6. The minimum absolute atomic E-state index is 0.133. The van der Waals surface area contributed by atoms with Crippen LogP contribution in [0.25, 0.3) is 0 Å². The third-order valence-electron chi connectivity index (χ3n) is 5.34. The Kier molecular flexibility index (Phi) is 8.49. The van der Waals surface area contributed by atoms with E-state index < -0.39 is 0 Å².